The van der Waals surface area contributed by atoms with E-state index < -0.39 is 0 Å². The largest absolute Gasteiger partial charge is 0.497 e. The smallest absolute Gasteiger partial charge is 0.118 e. The Kier molecular flexibility index (Phi) is 5.63. The number of hydrogen-bond donors (Lipinski definition) is 0. The summed E-state index contributed by atoms with van der Waals surface area (Å²) in [4.78, 5) is 0. The molecule has 106 valence electrons. The first-order valence-electron chi connectivity index (χ1n) is 7.04. The zero-order valence-electron chi connectivity index (χ0n) is 12.3. The van der Waals surface area contributed by atoms with Crippen molar-refractivity contribution in [3.8, 4) is 5.75 Å². The van der Waals surface area contributed by atoms with Gasteiger partial charge < -0.3 is 9.47 Å². The molecule has 2 rings (SSSR count). The van der Waals surface area contributed by atoms with Crippen molar-refractivity contribution in [1.29, 1.82) is 0 Å². The highest BCUT2D eigenvalue weighted by molar-refractivity contribution is 5.27. The molecular weight excluding hydrogens is 248 g/mol. The van der Waals surface area contributed by atoms with Gasteiger partial charge in [-0.3, -0.25) is 0 Å². The van der Waals surface area contributed by atoms with E-state index in [2.05, 4.69) is 43.3 Å². The van der Waals surface area contributed by atoms with Gasteiger partial charge in [-0.25, -0.2) is 0 Å². The van der Waals surface area contributed by atoms with Crippen LogP contribution in [0, 0.1) is 6.92 Å². The lowest BCUT2D eigenvalue weighted by Crippen LogP contribution is -1.97. The monoisotopic (exact) mass is 270 g/mol. The molecule has 0 aromatic heterocycles. The Hall–Kier alpha value is -1.80. The first-order valence-corrected chi connectivity index (χ1v) is 7.04. The lowest BCUT2D eigenvalue weighted by atomic mass is 10.1. The summed E-state index contributed by atoms with van der Waals surface area (Å²) in [6.07, 6.45) is 2.08. The van der Waals surface area contributed by atoms with E-state index in [9.17, 15) is 0 Å². The van der Waals surface area contributed by atoms with Gasteiger partial charge in [-0.1, -0.05) is 42.0 Å². The van der Waals surface area contributed by atoms with Gasteiger partial charge in [0.1, 0.15) is 5.75 Å². The van der Waals surface area contributed by atoms with Crippen molar-refractivity contribution < 1.29 is 9.47 Å². The molecule has 0 atom stereocenters. The maximum absolute atomic E-state index is 5.70. The fraction of sp³-hybridized carbons (Fsp3) is 0.333. The number of benzene rings is 2. The first-order chi connectivity index (χ1) is 9.78. The minimum Gasteiger partial charge on any atom is -0.497 e. The van der Waals surface area contributed by atoms with Crippen LogP contribution in [-0.2, 0) is 17.8 Å². The van der Waals surface area contributed by atoms with E-state index in [1.807, 2.05) is 12.1 Å². The molecule has 0 aliphatic carbocycles. The van der Waals surface area contributed by atoms with E-state index in [4.69, 9.17) is 9.47 Å². The minimum absolute atomic E-state index is 0.697. The second-order valence-corrected chi connectivity index (χ2v) is 4.99. The molecule has 20 heavy (non-hydrogen) atoms. The van der Waals surface area contributed by atoms with Gasteiger partial charge in [0, 0.05) is 6.61 Å². The molecule has 0 unspecified atom stereocenters. The maximum Gasteiger partial charge on any atom is 0.118 e. The highest BCUT2D eigenvalue weighted by Gasteiger charge is 1.96. The Morgan fingerprint density at radius 3 is 2.15 bits per heavy atom. The lowest BCUT2D eigenvalue weighted by molar-refractivity contribution is 0.118. The first kappa shape index (κ1) is 14.6. The van der Waals surface area contributed by atoms with Crippen LogP contribution in [0.15, 0.2) is 48.5 Å². The van der Waals surface area contributed by atoms with Crippen LogP contribution in [0.25, 0.3) is 0 Å². The quantitative estimate of drug-likeness (QED) is 0.704. The molecule has 0 aliphatic rings. The van der Waals surface area contributed by atoms with Gasteiger partial charge in [-0.05, 0) is 43.0 Å². The van der Waals surface area contributed by atoms with Crippen LogP contribution in [-0.4, -0.2) is 13.7 Å². The van der Waals surface area contributed by atoms with Gasteiger partial charge in [-0.15, -0.1) is 0 Å². The fourth-order valence-corrected chi connectivity index (χ4v) is 2.04. The molecule has 2 aromatic rings. The Morgan fingerprint density at radius 1 is 0.850 bits per heavy atom. The van der Waals surface area contributed by atoms with Crippen molar-refractivity contribution in [3.63, 3.8) is 0 Å². The highest BCUT2D eigenvalue weighted by Crippen LogP contribution is 2.12. The maximum atomic E-state index is 5.70. The average molecular weight is 270 g/mol. The standard InChI is InChI=1S/C18H22O2/c1-15-5-7-17(8-6-15)14-20-13-3-4-16-9-11-18(19-2)12-10-16/h5-12H,3-4,13-14H2,1-2H3. The van der Waals surface area contributed by atoms with Crippen LogP contribution in [0.3, 0.4) is 0 Å². The topological polar surface area (TPSA) is 18.5 Å². The molecular formula is C18H22O2. The summed E-state index contributed by atoms with van der Waals surface area (Å²) in [5.41, 5.74) is 3.85. The average Bonchev–Trinajstić information content (AvgIpc) is 2.49. The molecule has 0 aliphatic heterocycles. The van der Waals surface area contributed by atoms with Crippen LogP contribution >= 0.6 is 0 Å². The number of aryl methyl sites for hydroxylation is 2. The predicted octanol–water partition coefficient (Wildman–Crippen LogP) is 4.15. The number of methoxy groups -OCH3 is 1. The van der Waals surface area contributed by atoms with Crippen LogP contribution in [0.2, 0.25) is 0 Å². The summed E-state index contributed by atoms with van der Waals surface area (Å²) in [6.45, 7) is 3.59. The summed E-state index contributed by atoms with van der Waals surface area (Å²) in [6, 6.07) is 16.7. The third-order valence-corrected chi connectivity index (χ3v) is 3.30. The Bertz CT molecular complexity index is 500. The Morgan fingerprint density at radius 2 is 1.50 bits per heavy atom. The third-order valence-electron chi connectivity index (χ3n) is 3.30. The van der Waals surface area contributed by atoms with Crippen LogP contribution in [0.5, 0.6) is 5.75 Å². The van der Waals surface area contributed by atoms with Crippen molar-refractivity contribution in [2.45, 2.75) is 26.4 Å². The predicted molar refractivity (Wildman–Crippen MR) is 82.2 cm³/mol. The number of hydrogen-bond acceptors (Lipinski definition) is 2. The molecule has 0 fully saturated rings. The SMILES string of the molecule is COc1ccc(CCCOCc2ccc(C)cc2)cc1. The van der Waals surface area contributed by atoms with Crippen LogP contribution in [0.4, 0.5) is 0 Å². The zero-order chi connectivity index (χ0) is 14.2. The number of rotatable bonds is 7. The van der Waals surface area contributed by atoms with E-state index in [1.165, 1.54) is 16.7 Å². The molecule has 0 heterocycles. The van der Waals surface area contributed by atoms with E-state index >= 15 is 0 Å². The van der Waals surface area contributed by atoms with Crippen molar-refractivity contribution in [2.24, 2.45) is 0 Å². The fourth-order valence-electron chi connectivity index (χ4n) is 2.04. The van der Waals surface area contributed by atoms with Crippen LogP contribution in [0.1, 0.15) is 23.1 Å². The number of ether oxygens (including phenoxy) is 2. The molecule has 2 aromatic carbocycles. The van der Waals surface area contributed by atoms with Gasteiger partial charge >= 0.3 is 0 Å². The summed E-state index contributed by atoms with van der Waals surface area (Å²) < 4.78 is 10.8. The molecule has 0 spiro atoms. The van der Waals surface area contributed by atoms with Gasteiger partial charge in [0.05, 0.1) is 13.7 Å². The van der Waals surface area contributed by atoms with Crippen molar-refractivity contribution in [2.75, 3.05) is 13.7 Å². The third kappa shape index (κ3) is 4.71. The normalized spacial score (nSPS) is 10.5. The molecule has 0 radical (unpaired) electrons. The van der Waals surface area contributed by atoms with Gasteiger partial charge in [0.25, 0.3) is 0 Å². The summed E-state index contributed by atoms with van der Waals surface area (Å²) in [7, 11) is 1.69. The Balaban J connectivity index is 1.64. The second kappa shape index (κ2) is 7.71. The summed E-state index contributed by atoms with van der Waals surface area (Å²) in [5, 5.41) is 0. The zero-order valence-corrected chi connectivity index (χ0v) is 12.3. The van der Waals surface area contributed by atoms with E-state index in [0.717, 1.165) is 25.2 Å². The van der Waals surface area contributed by atoms with Crippen LogP contribution < -0.4 is 4.74 Å². The lowest BCUT2D eigenvalue weighted by Gasteiger charge is -2.06. The van der Waals surface area contributed by atoms with E-state index in [-0.39, 0.29) is 0 Å². The van der Waals surface area contributed by atoms with E-state index in [1.54, 1.807) is 7.11 Å². The van der Waals surface area contributed by atoms with Gasteiger partial charge in [0.2, 0.25) is 0 Å². The summed E-state index contributed by atoms with van der Waals surface area (Å²) in [5.74, 6) is 0.907. The van der Waals surface area contributed by atoms with Crippen molar-refractivity contribution in [1.82, 2.24) is 0 Å². The molecule has 0 saturated carbocycles. The molecule has 0 amide bonds. The molecule has 0 saturated heterocycles. The molecule has 2 heteroatoms. The summed E-state index contributed by atoms with van der Waals surface area (Å²) >= 11 is 0. The highest BCUT2D eigenvalue weighted by atomic mass is 16.5. The molecule has 0 bridgehead atoms. The minimum atomic E-state index is 0.697. The van der Waals surface area contributed by atoms with Gasteiger partial charge in [-0.2, -0.15) is 0 Å². The van der Waals surface area contributed by atoms with Crippen molar-refractivity contribution >= 4 is 0 Å². The van der Waals surface area contributed by atoms with E-state index in [0.29, 0.717) is 6.61 Å². The van der Waals surface area contributed by atoms with Crippen molar-refractivity contribution in [3.05, 3.63) is 65.2 Å². The van der Waals surface area contributed by atoms with Gasteiger partial charge in [0.15, 0.2) is 0 Å². The molecule has 0 N–H and O–H groups in total. The Labute approximate surface area is 121 Å². The second-order valence-electron chi connectivity index (χ2n) is 4.99. The molecule has 2 nitrogen and oxygen atoms in total.